The molecule has 1 amide bonds. The summed E-state index contributed by atoms with van der Waals surface area (Å²) in [5.74, 6) is -0.312. The van der Waals surface area contributed by atoms with Gasteiger partial charge in [0.05, 0.1) is 11.3 Å². The zero-order chi connectivity index (χ0) is 12.7. The van der Waals surface area contributed by atoms with Crippen molar-refractivity contribution in [3.63, 3.8) is 0 Å². The summed E-state index contributed by atoms with van der Waals surface area (Å²) in [6, 6.07) is 6.09. The molecule has 1 aromatic carbocycles. The number of carbonyl (C=O) groups excluding carboxylic acids is 1. The van der Waals surface area contributed by atoms with Crippen LogP contribution in [-0.2, 0) is 20.4 Å². The Morgan fingerprint density at radius 3 is 2.65 bits per heavy atom. The van der Waals surface area contributed by atoms with E-state index < -0.39 is 15.6 Å². The standard InChI is InChI=1S/C10H11N3O3S/c1-10(6-9(14)12-13-10)7-3-2-4-8(5-7)17(11,15)16/h2-5H,6H2,1H3,(H2,11,15,16). The fourth-order valence-corrected chi connectivity index (χ4v) is 2.26. The number of carbonyl (C=O) groups is 1. The second kappa shape index (κ2) is 3.71. The lowest BCUT2D eigenvalue weighted by Gasteiger charge is -2.18. The first-order valence-corrected chi connectivity index (χ1v) is 6.45. The van der Waals surface area contributed by atoms with E-state index in [9.17, 15) is 13.2 Å². The van der Waals surface area contributed by atoms with Crippen molar-refractivity contribution < 1.29 is 13.2 Å². The molecule has 1 aliphatic heterocycles. The van der Waals surface area contributed by atoms with Crippen molar-refractivity contribution in [2.24, 2.45) is 15.4 Å². The Balaban J connectivity index is 2.48. The molecule has 1 unspecified atom stereocenters. The minimum absolute atomic E-state index is 0.00535. The highest BCUT2D eigenvalue weighted by Crippen LogP contribution is 2.34. The molecule has 1 heterocycles. The van der Waals surface area contributed by atoms with E-state index in [1.165, 1.54) is 12.1 Å². The number of rotatable bonds is 2. The topological polar surface area (TPSA) is 102 Å². The number of amides is 1. The first kappa shape index (κ1) is 11.9. The SMILES string of the molecule is CC1(c2cccc(S(N)(=O)=O)c2)CC(=O)N=N1. The lowest BCUT2D eigenvalue weighted by Crippen LogP contribution is -2.19. The van der Waals surface area contributed by atoms with Crippen molar-refractivity contribution in [1.29, 1.82) is 0 Å². The first-order valence-electron chi connectivity index (χ1n) is 4.90. The number of azo groups is 1. The number of benzene rings is 1. The smallest absolute Gasteiger partial charge is 0.267 e. The zero-order valence-electron chi connectivity index (χ0n) is 9.12. The molecule has 90 valence electrons. The van der Waals surface area contributed by atoms with Gasteiger partial charge in [-0.1, -0.05) is 12.1 Å². The van der Waals surface area contributed by atoms with Crippen LogP contribution in [0.3, 0.4) is 0 Å². The summed E-state index contributed by atoms with van der Waals surface area (Å²) in [7, 11) is -3.75. The van der Waals surface area contributed by atoms with Gasteiger partial charge in [-0.25, -0.2) is 13.6 Å². The van der Waals surface area contributed by atoms with E-state index in [-0.39, 0.29) is 17.2 Å². The average Bonchev–Trinajstić information content (AvgIpc) is 2.59. The molecule has 1 aliphatic rings. The van der Waals surface area contributed by atoms with Gasteiger partial charge < -0.3 is 0 Å². The van der Waals surface area contributed by atoms with Crippen LogP contribution in [-0.4, -0.2) is 14.3 Å². The molecule has 2 rings (SSSR count). The second-order valence-corrected chi connectivity index (χ2v) is 5.68. The maximum Gasteiger partial charge on any atom is 0.267 e. The third-order valence-electron chi connectivity index (χ3n) is 2.66. The summed E-state index contributed by atoms with van der Waals surface area (Å²) in [6.45, 7) is 1.73. The molecule has 1 aromatic rings. The second-order valence-electron chi connectivity index (χ2n) is 4.12. The van der Waals surface area contributed by atoms with Crippen molar-refractivity contribution in [2.75, 3.05) is 0 Å². The fourth-order valence-electron chi connectivity index (χ4n) is 1.70. The summed E-state index contributed by atoms with van der Waals surface area (Å²) < 4.78 is 22.5. The lowest BCUT2D eigenvalue weighted by molar-refractivity contribution is -0.117. The van der Waals surface area contributed by atoms with Crippen LogP contribution >= 0.6 is 0 Å². The van der Waals surface area contributed by atoms with Crippen molar-refractivity contribution in [1.82, 2.24) is 0 Å². The Morgan fingerprint density at radius 2 is 2.12 bits per heavy atom. The van der Waals surface area contributed by atoms with E-state index >= 15 is 0 Å². The van der Waals surface area contributed by atoms with Gasteiger partial charge in [0.15, 0.2) is 0 Å². The monoisotopic (exact) mass is 253 g/mol. The molecule has 2 N–H and O–H groups in total. The molecule has 1 atom stereocenters. The van der Waals surface area contributed by atoms with Crippen LogP contribution in [0.15, 0.2) is 39.4 Å². The van der Waals surface area contributed by atoms with Gasteiger partial charge in [0.25, 0.3) is 5.91 Å². The van der Waals surface area contributed by atoms with Crippen molar-refractivity contribution in [2.45, 2.75) is 23.8 Å². The predicted octanol–water partition coefficient (Wildman–Crippen LogP) is 0.932. The van der Waals surface area contributed by atoms with Crippen LogP contribution in [0.25, 0.3) is 0 Å². The maximum atomic E-state index is 11.2. The van der Waals surface area contributed by atoms with Crippen LogP contribution in [0.4, 0.5) is 0 Å². The number of nitrogens with two attached hydrogens (primary N) is 1. The molecule has 0 saturated heterocycles. The van der Waals surface area contributed by atoms with E-state index in [0.29, 0.717) is 5.56 Å². The van der Waals surface area contributed by atoms with Gasteiger partial charge in [0, 0.05) is 0 Å². The third-order valence-corrected chi connectivity index (χ3v) is 3.57. The van der Waals surface area contributed by atoms with Crippen LogP contribution in [0.5, 0.6) is 0 Å². The molecule has 0 saturated carbocycles. The van der Waals surface area contributed by atoms with Gasteiger partial charge in [-0.05, 0) is 24.6 Å². The minimum atomic E-state index is -3.75. The molecule has 17 heavy (non-hydrogen) atoms. The highest BCUT2D eigenvalue weighted by molar-refractivity contribution is 7.89. The number of hydrogen-bond donors (Lipinski definition) is 1. The summed E-state index contributed by atoms with van der Waals surface area (Å²) in [5.41, 5.74) is -0.184. The highest BCUT2D eigenvalue weighted by atomic mass is 32.2. The number of sulfonamides is 1. The zero-order valence-corrected chi connectivity index (χ0v) is 9.94. The first-order chi connectivity index (χ1) is 7.81. The van der Waals surface area contributed by atoms with Crippen LogP contribution < -0.4 is 5.14 Å². The fraction of sp³-hybridized carbons (Fsp3) is 0.300. The van der Waals surface area contributed by atoms with Crippen molar-refractivity contribution in [3.8, 4) is 0 Å². The van der Waals surface area contributed by atoms with Crippen LogP contribution in [0.2, 0.25) is 0 Å². The van der Waals surface area contributed by atoms with Gasteiger partial charge in [-0.3, -0.25) is 4.79 Å². The molecule has 0 bridgehead atoms. The molecular formula is C10H11N3O3S. The summed E-state index contributed by atoms with van der Waals surface area (Å²) >= 11 is 0. The molecule has 0 aromatic heterocycles. The van der Waals surface area contributed by atoms with E-state index in [1.54, 1.807) is 19.1 Å². The van der Waals surface area contributed by atoms with Gasteiger partial charge in [-0.15, -0.1) is 5.11 Å². The van der Waals surface area contributed by atoms with Gasteiger partial charge in [0.1, 0.15) is 5.54 Å². The van der Waals surface area contributed by atoms with Crippen molar-refractivity contribution >= 4 is 15.9 Å². The molecule has 0 aliphatic carbocycles. The van der Waals surface area contributed by atoms with Gasteiger partial charge in [-0.2, -0.15) is 5.11 Å². The minimum Gasteiger partial charge on any atom is -0.271 e. The average molecular weight is 253 g/mol. The Bertz CT molecular complexity index is 609. The Labute approximate surface area is 98.6 Å². The normalized spacial score (nSPS) is 24.2. The van der Waals surface area contributed by atoms with Gasteiger partial charge in [0.2, 0.25) is 10.0 Å². The maximum absolute atomic E-state index is 11.2. The van der Waals surface area contributed by atoms with E-state index in [0.717, 1.165) is 0 Å². The van der Waals surface area contributed by atoms with Crippen LogP contribution in [0.1, 0.15) is 18.9 Å². The summed E-state index contributed by atoms with van der Waals surface area (Å²) in [4.78, 5) is 11.1. The van der Waals surface area contributed by atoms with E-state index in [2.05, 4.69) is 10.2 Å². The molecule has 6 nitrogen and oxygen atoms in total. The molecule has 0 fully saturated rings. The Hall–Kier alpha value is -1.60. The quantitative estimate of drug-likeness (QED) is 0.848. The summed E-state index contributed by atoms with van der Waals surface area (Å²) in [5, 5.41) is 12.4. The Morgan fingerprint density at radius 1 is 1.41 bits per heavy atom. The predicted molar refractivity (Wildman–Crippen MR) is 59.6 cm³/mol. The van der Waals surface area contributed by atoms with Crippen molar-refractivity contribution in [3.05, 3.63) is 29.8 Å². The van der Waals surface area contributed by atoms with Gasteiger partial charge >= 0.3 is 0 Å². The summed E-state index contributed by atoms with van der Waals surface area (Å²) in [6.07, 6.45) is 0.140. The highest BCUT2D eigenvalue weighted by Gasteiger charge is 2.35. The molecule has 0 radical (unpaired) electrons. The number of nitrogens with zero attached hydrogens (tertiary/aromatic N) is 2. The van der Waals surface area contributed by atoms with Crippen LogP contribution in [0, 0.1) is 0 Å². The number of hydrogen-bond acceptors (Lipinski definition) is 4. The molecular weight excluding hydrogens is 242 g/mol. The molecule has 7 heteroatoms. The van der Waals surface area contributed by atoms with E-state index in [4.69, 9.17) is 5.14 Å². The third kappa shape index (κ3) is 2.25. The molecule has 0 spiro atoms. The number of primary sulfonamides is 1. The van der Waals surface area contributed by atoms with E-state index in [1.807, 2.05) is 0 Å². The largest absolute Gasteiger partial charge is 0.271 e. The Kier molecular flexibility index (Phi) is 2.59. The lowest BCUT2D eigenvalue weighted by atomic mass is 9.90.